The molecular weight excluding hydrogens is 146 g/mol. The summed E-state index contributed by atoms with van der Waals surface area (Å²) in [7, 11) is 0. The highest BCUT2D eigenvalue weighted by atomic mass is 32.1. The quantitative estimate of drug-likeness (QED) is 0.689. The number of rotatable bonds is 2. The third-order valence-electron chi connectivity index (χ3n) is 1.60. The summed E-state index contributed by atoms with van der Waals surface area (Å²) in [6.07, 6.45) is 2.53. The molecule has 1 fully saturated rings. The van der Waals surface area contributed by atoms with Gasteiger partial charge in [0.25, 0.3) is 0 Å². The molecule has 2 N–H and O–H groups in total. The molecule has 1 aliphatic rings. The summed E-state index contributed by atoms with van der Waals surface area (Å²) >= 11 is 1.43. The van der Waals surface area contributed by atoms with E-state index in [1.54, 1.807) is 0 Å². The third kappa shape index (κ3) is 1.04. The Balaban J connectivity index is 2.19. The van der Waals surface area contributed by atoms with Crippen LogP contribution < -0.4 is 5.73 Å². The van der Waals surface area contributed by atoms with Crippen molar-refractivity contribution >= 4 is 11.5 Å². The van der Waals surface area contributed by atoms with Crippen LogP contribution in [-0.2, 0) is 6.54 Å². The molecule has 54 valence electrons. The summed E-state index contributed by atoms with van der Waals surface area (Å²) in [5.41, 5.74) is 5.39. The first-order valence-corrected chi connectivity index (χ1v) is 4.20. The zero-order chi connectivity index (χ0) is 6.97. The molecule has 1 aliphatic carbocycles. The van der Waals surface area contributed by atoms with E-state index in [1.165, 1.54) is 24.4 Å². The smallest absolute Gasteiger partial charge is 0.145 e. The van der Waals surface area contributed by atoms with Gasteiger partial charge in [0, 0.05) is 12.5 Å². The number of aromatic nitrogens is 2. The lowest BCUT2D eigenvalue weighted by atomic mass is 10.4. The first kappa shape index (κ1) is 6.24. The number of hydrogen-bond acceptors (Lipinski definition) is 4. The van der Waals surface area contributed by atoms with Crippen molar-refractivity contribution in [1.29, 1.82) is 0 Å². The molecule has 1 saturated carbocycles. The molecule has 2 rings (SSSR count). The molecule has 0 aromatic carbocycles. The normalized spacial score (nSPS) is 17.7. The molecule has 0 bridgehead atoms. The Bertz CT molecular complexity index is 229. The maximum atomic E-state index is 5.39. The van der Waals surface area contributed by atoms with Crippen LogP contribution in [0.1, 0.15) is 29.6 Å². The highest BCUT2D eigenvalue weighted by Gasteiger charge is 2.27. The van der Waals surface area contributed by atoms with E-state index in [-0.39, 0.29) is 0 Å². The van der Waals surface area contributed by atoms with Crippen molar-refractivity contribution in [2.75, 3.05) is 0 Å². The van der Waals surface area contributed by atoms with E-state index in [0.29, 0.717) is 12.5 Å². The van der Waals surface area contributed by atoms with E-state index in [9.17, 15) is 0 Å². The van der Waals surface area contributed by atoms with Gasteiger partial charge in [0.2, 0.25) is 0 Å². The van der Waals surface area contributed by atoms with E-state index in [0.717, 1.165) is 10.8 Å². The Morgan fingerprint density at radius 1 is 1.60 bits per heavy atom. The number of nitrogens with zero attached hydrogens (tertiary/aromatic N) is 2. The van der Waals surface area contributed by atoms with Crippen molar-refractivity contribution in [1.82, 2.24) is 9.36 Å². The first-order chi connectivity index (χ1) is 4.90. The highest BCUT2D eigenvalue weighted by Crippen LogP contribution is 2.38. The summed E-state index contributed by atoms with van der Waals surface area (Å²) in [6.45, 7) is 0.532. The topological polar surface area (TPSA) is 51.8 Å². The van der Waals surface area contributed by atoms with E-state index >= 15 is 0 Å². The van der Waals surface area contributed by atoms with Crippen molar-refractivity contribution in [2.24, 2.45) is 5.73 Å². The summed E-state index contributed by atoms with van der Waals surface area (Å²) in [4.78, 5) is 4.27. The van der Waals surface area contributed by atoms with Crippen LogP contribution in [0.5, 0.6) is 0 Å². The molecular formula is C6H9N3S. The van der Waals surface area contributed by atoms with Crippen LogP contribution in [0.25, 0.3) is 0 Å². The predicted octanol–water partition coefficient (Wildman–Crippen LogP) is 0.874. The van der Waals surface area contributed by atoms with Crippen molar-refractivity contribution in [2.45, 2.75) is 25.3 Å². The minimum absolute atomic E-state index is 0.532. The van der Waals surface area contributed by atoms with E-state index in [1.807, 2.05) is 0 Å². The van der Waals surface area contributed by atoms with Crippen molar-refractivity contribution in [3.63, 3.8) is 0 Å². The van der Waals surface area contributed by atoms with Crippen LogP contribution >= 0.6 is 11.5 Å². The second-order valence-electron chi connectivity index (χ2n) is 2.52. The van der Waals surface area contributed by atoms with Gasteiger partial charge in [-0.3, -0.25) is 0 Å². The largest absolute Gasteiger partial charge is 0.324 e. The molecule has 1 aromatic heterocycles. The fraction of sp³-hybridized carbons (Fsp3) is 0.667. The highest BCUT2D eigenvalue weighted by molar-refractivity contribution is 7.05. The minimum Gasteiger partial charge on any atom is -0.324 e. The zero-order valence-electron chi connectivity index (χ0n) is 5.58. The van der Waals surface area contributed by atoms with Crippen LogP contribution in [0.3, 0.4) is 0 Å². The SMILES string of the molecule is NCc1nc(C2CC2)ns1. The molecule has 1 aromatic rings. The maximum absolute atomic E-state index is 5.39. The first-order valence-electron chi connectivity index (χ1n) is 3.42. The molecule has 0 aliphatic heterocycles. The lowest BCUT2D eigenvalue weighted by Crippen LogP contribution is -1.95. The second-order valence-corrected chi connectivity index (χ2v) is 3.36. The van der Waals surface area contributed by atoms with Gasteiger partial charge in [0.1, 0.15) is 10.8 Å². The van der Waals surface area contributed by atoms with Gasteiger partial charge in [-0.15, -0.1) is 0 Å². The molecule has 10 heavy (non-hydrogen) atoms. The minimum atomic E-state index is 0.532. The Kier molecular flexibility index (Phi) is 1.43. The third-order valence-corrected chi connectivity index (χ3v) is 2.35. The van der Waals surface area contributed by atoms with Gasteiger partial charge < -0.3 is 5.73 Å². The van der Waals surface area contributed by atoms with Crippen LogP contribution in [0.4, 0.5) is 0 Å². The molecule has 0 saturated heterocycles. The van der Waals surface area contributed by atoms with Crippen molar-refractivity contribution in [3.8, 4) is 0 Å². The van der Waals surface area contributed by atoms with Gasteiger partial charge in [-0.25, -0.2) is 4.98 Å². The van der Waals surface area contributed by atoms with Gasteiger partial charge in [0.05, 0.1) is 0 Å². The fourth-order valence-electron chi connectivity index (χ4n) is 0.858. The average Bonchev–Trinajstić information content (AvgIpc) is 2.70. The van der Waals surface area contributed by atoms with Crippen LogP contribution in [0.15, 0.2) is 0 Å². The molecule has 0 radical (unpaired) electrons. The predicted molar refractivity (Wildman–Crippen MR) is 39.8 cm³/mol. The van der Waals surface area contributed by atoms with Gasteiger partial charge in [-0.2, -0.15) is 4.37 Å². The monoisotopic (exact) mass is 155 g/mol. The molecule has 4 heteroatoms. The zero-order valence-corrected chi connectivity index (χ0v) is 6.40. The van der Waals surface area contributed by atoms with Crippen LogP contribution in [0.2, 0.25) is 0 Å². The Hall–Kier alpha value is -0.480. The summed E-state index contributed by atoms with van der Waals surface area (Å²) in [6, 6.07) is 0. The fourth-order valence-corrected chi connectivity index (χ4v) is 1.46. The second kappa shape index (κ2) is 2.29. The van der Waals surface area contributed by atoms with Crippen LogP contribution in [0, 0.1) is 0 Å². The van der Waals surface area contributed by atoms with Gasteiger partial charge in [-0.1, -0.05) is 0 Å². The van der Waals surface area contributed by atoms with Gasteiger partial charge in [0.15, 0.2) is 0 Å². The van der Waals surface area contributed by atoms with Crippen molar-refractivity contribution < 1.29 is 0 Å². The van der Waals surface area contributed by atoms with E-state index < -0.39 is 0 Å². The van der Waals surface area contributed by atoms with Gasteiger partial charge in [-0.05, 0) is 24.4 Å². The molecule has 0 unspecified atom stereocenters. The molecule has 0 atom stereocenters. The average molecular weight is 155 g/mol. The van der Waals surface area contributed by atoms with E-state index in [2.05, 4.69) is 9.36 Å². The maximum Gasteiger partial charge on any atom is 0.145 e. The Morgan fingerprint density at radius 2 is 2.40 bits per heavy atom. The summed E-state index contributed by atoms with van der Waals surface area (Å²) in [5, 5.41) is 0.960. The molecule has 3 nitrogen and oxygen atoms in total. The number of hydrogen-bond donors (Lipinski definition) is 1. The standard InChI is InChI=1S/C6H9N3S/c7-3-5-8-6(9-10-5)4-1-2-4/h4H,1-3,7H2. The van der Waals surface area contributed by atoms with Gasteiger partial charge >= 0.3 is 0 Å². The van der Waals surface area contributed by atoms with E-state index in [4.69, 9.17) is 5.73 Å². The summed E-state index contributed by atoms with van der Waals surface area (Å²) < 4.78 is 4.20. The Morgan fingerprint density at radius 3 is 2.90 bits per heavy atom. The van der Waals surface area contributed by atoms with Crippen LogP contribution in [-0.4, -0.2) is 9.36 Å². The lowest BCUT2D eigenvalue weighted by molar-refractivity contribution is 0.940. The molecule has 0 spiro atoms. The van der Waals surface area contributed by atoms with Crippen molar-refractivity contribution in [3.05, 3.63) is 10.8 Å². The Labute approximate surface area is 63.4 Å². The molecule has 0 amide bonds. The number of nitrogens with two attached hydrogens (primary N) is 1. The summed E-state index contributed by atoms with van der Waals surface area (Å²) in [5.74, 6) is 1.68. The lowest BCUT2D eigenvalue weighted by Gasteiger charge is -1.82. The molecule has 1 heterocycles.